The largest absolute Gasteiger partial charge is 0.457 e. The average Bonchev–Trinajstić information content (AvgIpc) is 4.02. The first-order chi connectivity index (χ1) is 32.6. The molecule has 1 amide bonds. The zero-order chi connectivity index (χ0) is 50.5. The number of alkyl carbamates (subject to hydrolysis) is 1. The van der Waals surface area contributed by atoms with Crippen LogP contribution < -0.4 is 11.1 Å². The van der Waals surface area contributed by atoms with Crippen LogP contribution >= 0.6 is 0 Å². The molecule has 3 fully saturated rings. The van der Waals surface area contributed by atoms with E-state index < -0.39 is 99.9 Å². The molecule has 2 aromatic carbocycles. The van der Waals surface area contributed by atoms with Gasteiger partial charge < -0.3 is 49.3 Å². The second-order valence-electron chi connectivity index (χ2n) is 20.3. The van der Waals surface area contributed by atoms with Gasteiger partial charge in [0.25, 0.3) is 0 Å². The first kappa shape index (κ1) is 53.2. The number of hydrogen-bond donors (Lipinski definition) is 3. The summed E-state index contributed by atoms with van der Waals surface area (Å²) >= 11 is 0. The van der Waals surface area contributed by atoms with Gasteiger partial charge in [0.15, 0.2) is 17.5 Å². The number of carbonyl (C=O) groups is 6. The van der Waals surface area contributed by atoms with Crippen LogP contribution in [-0.4, -0.2) is 107 Å². The number of carbonyl (C=O) groups excluding carboxylic acids is 6. The van der Waals surface area contributed by atoms with Crippen LogP contribution in [0.5, 0.6) is 0 Å². The Balaban J connectivity index is 1.54. The van der Waals surface area contributed by atoms with Crippen LogP contribution in [0.4, 0.5) is 4.79 Å². The monoisotopic (exact) mass is 960 g/mol. The van der Waals surface area contributed by atoms with Crippen LogP contribution in [-0.2, 0) is 52.3 Å². The molecule has 11 unspecified atom stereocenters. The molecular weight excluding hydrogens is 889 g/mol. The lowest BCUT2D eigenvalue weighted by atomic mass is 9.52. The van der Waals surface area contributed by atoms with Crippen molar-refractivity contribution < 1.29 is 67.0 Å². The van der Waals surface area contributed by atoms with Crippen LogP contribution in [0.1, 0.15) is 142 Å². The maximum Gasteiger partial charge on any atom is 0.408 e. The fourth-order valence-electron chi connectivity index (χ4n) is 11.3. The summed E-state index contributed by atoms with van der Waals surface area (Å²) in [4.78, 5) is 84.2. The minimum atomic E-state index is -2.06. The number of amides is 1. The second-order valence-corrected chi connectivity index (χ2v) is 20.3. The molecule has 0 aromatic heterocycles. The molecule has 1 spiro atoms. The Morgan fingerprint density at radius 3 is 2.16 bits per heavy atom. The molecule has 1 aliphatic heterocycles. The summed E-state index contributed by atoms with van der Waals surface area (Å²) in [5.41, 5.74) is -0.602. The Bertz CT molecular complexity index is 2230. The highest BCUT2D eigenvalue weighted by molar-refractivity contribution is 5.97. The van der Waals surface area contributed by atoms with Crippen LogP contribution in [0.3, 0.4) is 0 Å². The van der Waals surface area contributed by atoms with Gasteiger partial charge in [-0.25, -0.2) is 9.59 Å². The van der Waals surface area contributed by atoms with Gasteiger partial charge in [-0.05, 0) is 114 Å². The van der Waals surface area contributed by atoms with Gasteiger partial charge in [-0.3, -0.25) is 19.2 Å². The summed E-state index contributed by atoms with van der Waals surface area (Å²) in [6.07, 6.45) is -2.87. The smallest absolute Gasteiger partial charge is 0.408 e. The molecule has 2 aromatic rings. The fourth-order valence-corrected chi connectivity index (χ4v) is 11.3. The quantitative estimate of drug-likeness (QED) is 0.0582. The number of Topliss-reactive ketones (excluding diaryl/α,β-unsaturated/α-hetero) is 1. The highest BCUT2D eigenvalue weighted by Crippen LogP contribution is 2.74. The average molecular weight is 961 g/mol. The molecule has 378 valence electrons. The molecule has 3 aliphatic carbocycles. The fraction of sp³-hybridized carbons (Fsp3) is 0.623. The van der Waals surface area contributed by atoms with Crippen LogP contribution in [0.15, 0.2) is 71.8 Å². The molecule has 16 heteroatoms. The summed E-state index contributed by atoms with van der Waals surface area (Å²) in [7, 11) is 0. The van der Waals surface area contributed by atoms with Crippen molar-refractivity contribution in [1.82, 2.24) is 5.32 Å². The van der Waals surface area contributed by atoms with Gasteiger partial charge in [0.2, 0.25) is 0 Å². The maximum atomic E-state index is 15.9. The molecule has 11 atom stereocenters. The van der Waals surface area contributed by atoms with E-state index in [1.807, 2.05) is 6.92 Å². The van der Waals surface area contributed by atoms with E-state index in [-0.39, 0.29) is 56.8 Å². The van der Waals surface area contributed by atoms with E-state index in [1.165, 1.54) is 13.8 Å². The standard InChI is InChI=1S/C53H72N2O14/c1-10-38-32(3)39(63-30-40(66-42(58)25-19-14-20-26-54)43(35-21-15-12-16-22-35)55-48(61)69-49(6,7)8)29-51(62,11-2)50(9,68-46(60)36-23-17-13-18-24-36)47-52(45(59)44(38)65-33(4)56)28-37(52)27-41-53(47,31-64-41)67-34(5)57/h12-13,15-18,21-24,37,39-41,43-44,47,62H,10-11,14,19-20,25-31,54H2,1-9H3,(H,55,61). The van der Waals surface area contributed by atoms with Gasteiger partial charge in [-0.15, -0.1) is 0 Å². The second kappa shape index (κ2) is 21.5. The van der Waals surface area contributed by atoms with Gasteiger partial charge in [0.1, 0.15) is 29.0 Å². The maximum absolute atomic E-state index is 15.9. The van der Waals surface area contributed by atoms with Crippen LogP contribution in [0.2, 0.25) is 0 Å². The Morgan fingerprint density at radius 1 is 0.928 bits per heavy atom. The lowest BCUT2D eigenvalue weighted by molar-refractivity contribution is -0.334. The first-order valence-electron chi connectivity index (χ1n) is 24.4. The summed E-state index contributed by atoms with van der Waals surface area (Å²) in [5.74, 6) is -4.80. The molecule has 0 radical (unpaired) electrons. The van der Waals surface area contributed by atoms with E-state index in [4.69, 9.17) is 38.9 Å². The summed E-state index contributed by atoms with van der Waals surface area (Å²) < 4.78 is 44.1. The van der Waals surface area contributed by atoms with Gasteiger partial charge >= 0.3 is 30.0 Å². The number of benzene rings is 2. The zero-order valence-electron chi connectivity index (χ0n) is 41.6. The van der Waals surface area contributed by atoms with E-state index in [1.54, 1.807) is 102 Å². The van der Waals surface area contributed by atoms with E-state index >= 15 is 4.79 Å². The van der Waals surface area contributed by atoms with Crippen molar-refractivity contribution in [2.75, 3.05) is 19.8 Å². The van der Waals surface area contributed by atoms with Crippen molar-refractivity contribution >= 4 is 35.8 Å². The number of nitrogens with two attached hydrogens (primary N) is 1. The van der Waals surface area contributed by atoms with Crippen molar-refractivity contribution in [2.45, 2.75) is 173 Å². The molecule has 69 heavy (non-hydrogen) atoms. The molecular formula is C53H72N2O14. The molecule has 1 saturated heterocycles. The molecule has 16 nitrogen and oxygen atoms in total. The predicted molar refractivity (Wildman–Crippen MR) is 252 cm³/mol. The first-order valence-corrected chi connectivity index (χ1v) is 24.4. The summed E-state index contributed by atoms with van der Waals surface area (Å²) in [6, 6.07) is 16.1. The Hall–Kier alpha value is -5.16. The van der Waals surface area contributed by atoms with Gasteiger partial charge in [0, 0.05) is 32.1 Å². The number of nitrogens with one attached hydrogen (secondary N) is 1. The summed E-state index contributed by atoms with van der Waals surface area (Å²) in [6.45, 7) is 14.5. The molecule has 1 heterocycles. The van der Waals surface area contributed by atoms with Gasteiger partial charge in [-0.1, -0.05) is 68.8 Å². The van der Waals surface area contributed by atoms with E-state index in [9.17, 15) is 29.1 Å². The number of rotatable bonds is 18. The predicted octanol–water partition coefficient (Wildman–Crippen LogP) is 7.18. The number of unbranched alkanes of at least 4 members (excludes halogenated alkanes) is 2. The van der Waals surface area contributed by atoms with E-state index in [0.29, 0.717) is 42.5 Å². The van der Waals surface area contributed by atoms with Crippen molar-refractivity contribution in [3.05, 3.63) is 82.9 Å². The number of aliphatic hydroxyl groups is 1. The topological polar surface area (TPSA) is 225 Å². The number of hydrogen-bond acceptors (Lipinski definition) is 15. The number of fused-ring (bicyclic) bond motifs is 2. The highest BCUT2D eigenvalue weighted by Gasteiger charge is 2.84. The number of ketones is 1. The van der Waals surface area contributed by atoms with Crippen molar-refractivity contribution in [3.8, 4) is 0 Å². The minimum absolute atomic E-state index is 0.0542. The molecule has 6 rings (SSSR count). The lowest BCUT2D eigenvalue weighted by Gasteiger charge is -2.63. The molecule has 0 bridgehead atoms. The molecule has 2 saturated carbocycles. The Kier molecular flexibility index (Phi) is 16.5. The minimum Gasteiger partial charge on any atom is -0.457 e. The summed E-state index contributed by atoms with van der Waals surface area (Å²) in [5, 5.41) is 16.7. The van der Waals surface area contributed by atoms with Crippen molar-refractivity contribution in [1.29, 1.82) is 0 Å². The number of esters is 4. The SMILES string of the molecule is CCC1=C(C)C(OCC(OC(=O)CCCCCN)C(NC(=O)OC(C)(C)C)c2ccccc2)CC(O)(CC)C(C)(OC(=O)c2ccccc2)C2C3(OC(C)=O)COC3CC3CC32C(=O)C1OC(C)=O. The van der Waals surface area contributed by atoms with E-state index in [2.05, 4.69) is 5.32 Å². The Labute approximate surface area is 405 Å². The van der Waals surface area contributed by atoms with Crippen molar-refractivity contribution in [2.24, 2.45) is 23.0 Å². The third-order valence-electron chi connectivity index (χ3n) is 14.6. The van der Waals surface area contributed by atoms with Gasteiger partial charge in [-0.2, -0.15) is 0 Å². The third kappa shape index (κ3) is 11.1. The lowest BCUT2D eigenvalue weighted by Crippen LogP contribution is -2.78. The zero-order valence-corrected chi connectivity index (χ0v) is 41.6. The normalized spacial score (nSPS) is 30.4. The molecule has 4 N–H and O–H groups in total. The Morgan fingerprint density at radius 2 is 1.59 bits per heavy atom. The number of ether oxygens (including phenoxy) is 7. The van der Waals surface area contributed by atoms with E-state index in [0.717, 1.165) is 6.42 Å². The highest BCUT2D eigenvalue weighted by atomic mass is 16.6. The van der Waals surface area contributed by atoms with Crippen molar-refractivity contribution in [3.63, 3.8) is 0 Å². The molecule has 4 aliphatic rings. The third-order valence-corrected chi connectivity index (χ3v) is 14.6. The van der Waals surface area contributed by atoms with Crippen LogP contribution in [0.25, 0.3) is 0 Å². The van der Waals surface area contributed by atoms with Gasteiger partial charge in [0.05, 0.1) is 36.8 Å². The van der Waals surface area contributed by atoms with Crippen LogP contribution in [0, 0.1) is 17.3 Å².